The molecule has 7 heteroatoms. The van der Waals surface area contributed by atoms with Crippen LogP contribution in [-0.4, -0.2) is 36.5 Å². The van der Waals surface area contributed by atoms with Gasteiger partial charge in [-0.15, -0.1) is 0 Å². The predicted molar refractivity (Wildman–Crippen MR) is 78.6 cm³/mol. The van der Waals surface area contributed by atoms with Gasteiger partial charge in [-0.1, -0.05) is 18.2 Å². The fourth-order valence-electron chi connectivity index (χ4n) is 2.52. The van der Waals surface area contributed by atoms with Gasteiger partial charge >= 0.3 is 0 Å². The van der Waals surface area contributed by atoms with Gasteiger partial charge in [0, 0.05) is 25.9 Å². The van der Waals surface area contributed by atoms with E-state index < -0.39 is 10.0 Å². The molecule has 1 aromatic heterocycles. The maximum absolute atomic E-state index is 12.7. The number of benzene rings is 1. The van der Waals surface area contributed by atoms with Gasteiger partial charge in [-0.3, -0.25) is 8.99 Å². The molecule has 0 amide bonds. The summed E-state index contributed by atoms with van der Waals surface area (Å²) in [6.07, 6.45) is 4.17. The highest BCUT2D eigenvalue weighted by atomic mass is 32.2. The highest BCUT2D eigenvalue weighted by Crippen LogP contribution is 2.32. The first-order valence-corrected chi connectivity index (χ1v) is 8.31. The van der Waals surface area contributed by atoms with E-state index in [1.54, 1.807) is 4.68 Å². The zero-order valence-corrected chi connectivity index (χ0v) is 12.3. The molecule has 2 aromatic rings. The lowest BCUT2D eigenvalue weighted by atomic mass is 10.2. The van der Waals surface area contributed by atoms with Crippen molar-refractivity contribution in [2.45, 2.75) is 24.3 Å². The van der Waals surface area contributed by atoms with Gasteiger partial charge in [0.05, 0.1) is 11.9 Å². The number of nitrogens with zero attached hydrogens (tertiary/aromatic N) is 3. The molecule has 2 heterocycles. The second-order valence-corrected chi connectivity index (χ2v) is 6.83. The van der Waals surface area contributed by atoms with Crippen molar-refractivity contribution in [2.75, 3.05) is 17.5 Å². The number of hydrogen-bond acceptors (Lipinski definition) is 4. The maximum Gasteiger partial charge on any atom is 0.267 e. The molecule has 1 aliphatic heterocycles. The minimum atomic E-state index is -3.57. The Balaban J connectivity index is 1.89. The van der Waals surface area contributed by atoms with Crippen LogP contribution in [0, 0.1) is 0 Å². The molecule has 0 bridgehead atoms. The number of anilines is 1. The number of rotatable bonds is 5. The first kappa shape index (κ1) is 14.1. The predicted octanol–water partition coefficient (Wildman–Crippen LogP) is 1.02. The molecule has 1 aromatic carbocycles. The fraction of sp³-hybridized carbons (Fsp3) is 0.357. The Bertz CT molecular complexity index is 739. The minimum Gasteiger partial charge on any atom is -0.396 e. The van der Waals surface area contributed by atoms with Gasteiger partial charge in [0.2, 0.25) is 0 Å². The molecule has 0 unspecified atom stereocenters. The number of aryl methyl sites for hydroxylation is 1. The average molecular weight is 307 g/mol. The summed E-state index contributed by atoms with van der Waals surface area (Å²) in [5.41, 5.74) is 1.80. The van der Waals surface area contributed by atoms with Crippen LogP contribution in [0.2, 0.25) is 0 Å². The van der Waals surface area contributed by atoms with Crippen molar-refractivity contribution in [3.05, 3.63) is 42.2 Å². The first-order chi connectivity index (χ1) is 10.1. The Morgan fingerprint density at radius 2 is 2.10 bits per heavy atom. The average Bonchev–Trinajstić information content (AvgIpc) is 3.12. The van der Waals surface area contributed by atoms with E-state index in [1.807, 2.05) is 24.3 Å². The summed E-state index contributed by atoms with van der Waals surface area (Å²) in [5, 5.41) is 12.9. The van der Waals surface area contributed by atoms with Crippen molar-refractivity contribution in [1.82, 2.24) is 9.78 Å². The zero-order valence-electron chi connectivity index (χ0n) is 11.5. The third-order valence-electron chi connectivity index (χ3n) is 3.59. The molecule has 1 aliphatic rings. The van der Waals surface area contributed by atoms with E-state index in [0.717, 1.165) is 17.7 Å². The van der Waals surface area contributed by atoms with E-state index in [0.29, 0.717) is 19.5 Å². The second kappa shape index (κ2) is 5.50. The van der Waals surface area contributed by atoms with Crippen LogP contribution in [0.1, 0.15) is 12.0 Å². The number of aliphatic hydroxyl groups excluding tert-OH is 1. The Morgan fingerprint density at radius 3 is 2.90 bits per heavy atom. The van der Waals surface area contributed by atoms with Crippen molar-refractivity contribution in [2.24, 2.45) is 0 Å². The third-order valence-corrected chi connectivity index (χ3v) is 5.35. The largest absolute Gasteiger partial charge is 0.396 e. The van der Waals surface area contributed by atoms with Gasteiger partial charge in [-0.25, -0.2) is 8.42 Å². The molecular formula is C14H17N3O3S. The summed E-state index contributed by atoms with van der Waals surface area (Å²) < 4.78 is 28.4. The molecule has 6 nitrogen and oxygen atoms in total. The second-order valence-electron chi connectivity index (χ2n) is 4.97. The monoisotopic (exact) mass is 307 g/mol. The summed E-state index contributed by atoms with van der Waals surface area (Å²) in [6.45, 7) is 1.02. The number of sulfonamides is 1. The SMILES string of the molecule is O=S(=O)(c1cnn(CCCO)c1)N1CCc2ccccc21. The first-order valence-electron chi connectivity index (χ1n) is 6.87. The van der Waals surface area contributed by atoms with Crippen LogP contribution in [0.4, 0.5) is 5.69 Å². The van der Waals surface area contributed by atoms with Crippen molar-refractivity contribution in [3.8, 4) is 0 Å². The zero-order chi connectivity index (χ0) is 14.9. The third kappa shape index (κ3) is 2.54. The van der Waals surface area contributed by atoms with Crippen molar-refractivity contribution in [1.29, 1.82) is 0 Å². The Hall–Kier alpha value is -1.86. The maximum atomic E-state index is 12.7. The fourth-order valence-corrected chi connectivity index (χ4v) is 3.98. The number of fused-ring (bicyclic) bond motifs is 1. The van der Waals surface area contributed by atoms with Crippen molar-refractivity contribution in [3.63, 3.8) is 0 Å². The molecule has 0 saturated carbocycles. The lowest BCUT2D eigenvalue weighted by Gasteiger charge is -2.18. The van der Waals surface area contributed by atoms with E-state index in [4.69, 9.17) is 5.11 Å². The molecule has 0 atom stereocenters. The molecule has 0 aliphatic carbocycles. The molecule has 0 spiro atoms. The molecule has 0 radical (unpaired) electrons. The number of aromatic nitrogens is 2. The smallest absolute Gasteiger partial charge is 0.267 e. The quantitative estimate of drug-likeness (QED) is 0.895. The highest BCUT2D eigenvalue weighted by molar-refractivity contribution is 7.92. The Morgan fingerprint density at radius 1 is 1.29 bits per heavy atom. The number of para-hydroxylation sites is 1. The topological polar surface area (TPSA) is 75.4 Å². The van der Waals surface area contributed by atoms with Gasteiger partial charge in [0.1, 0.15) is 4.90 Å². The van der Waals surface area contributed by atoms with E-state index in [1.165, 1.54) is 16.7 Å². The van der Waals surface area contributed by atoms with E-state index in [-0.39, 0.29) is 11.5 Å². The van der Waals surface area contributed by atoms with Gasteiger partial charge in [-0.05, 0) is 24.5 Å². The summed E-state index contributed by atoms with van der Waals surface area (Å²) in [5.74, 6) is 0. The van der Waals surface area contributed by atoms with Gasteiger partial charge in [0.25, 0.3) is 10.0 Å². The molecule has 0 fully saturated rings. The normalized spacial score (nSPS) is 14.4. The van der Waals surface area contributed by atoms with Crippen molar-refractivity contribution >= 4 is 15.7 Å². The molecule has 3 rings (SSSR count). The van der Waals surface area contributed by atoms with Crippen LogP contribution in [0.25, 0.3) is 0 Å². The van der Waals surface area contributed by atoms with Gasteiger partial charge in [-0.2, -0.15) is 5.10 Å². The molecule has 112 valence electrons. The molecular weight excluding hydrogens is 290 g/mol. The standard InChI is InChI=1S/C14H17N3O3S/c18-9-3-7-16-11-13(10-15-16)21(19,20)17-8-6-12-4-1-2-5-14(12)17/h1-2,4-5,10-11,18H,3,6-9H2. The number of hydrogen-bond donors (Lipinski definition) is 1. The van der Waals surface area contributed by atoms with Gasteiger partial charge < -0.3 is 5.11 Å². The van der Waals surface area contributed by atoms with Crippen LogP contribution < -0.4 is 4.31 Å². The highest BCUT2D eigenvalue weighted by Gasteiger charge is 2.31. The van der Waals surface area contributed by atoms with Crippen LogP contribution >= 0.6 is 0 Å². The molecule has 0 saturated heterocycles. The van der Waals surface area contributed by atoms with E-state index >= 15 is 0 Å². The summed E-state index contributed by atoms with van der Waals surface area (Å²) in [7, 11) is -3.57. The summed E-state index contributed by atoms with van der Waals surface area (Å²) >= 11 is 0. The van der Waals surface area contributed by atoms with Crippen LogP contribution in [0.3, 0.4) is 0 Å². The van der Waals surface area contributed by atoms with Crippen LogP contribution in [0.15, 0.2) is 41.6 Å². The lowest BCUT2D eigenvalue weighted by molar-refractivity contribution is 0.277. The molecule has 21 heavy (non-hydrogen) atoms. The Labute approximate surface area is 123 Å². The lowest BCUT2D eigenvalue weighted by Crippen LogP contribution is -2.28. The summed E-state index contributed by atoms with van der Waals surface area (Å²) in [6, 6.07) is 7.55. The van der Waals surface area contributed by atoms with Gasteiger partial charge in [0.15, 0.2) is 0 Å². The number of aliphatic hydroxyl groups is 1. The van der Waals surface area contributed by atoms with E-state index in [9.17, 15) is 8.42 Å². The minimum absolute atomic E-state index is 0.0570. The Kier molecular flexibility index (Phi) is 3.69. The van der Waals surface area contributed by atoms with Crippen molar-refractivity contribution < 1.29 is 13.5 Å². The molecule has 1 N–H and O–H groups in total. The summed E-state index contributed by atoms with van der Waals surface area (Å²) in [4.78, 5) is 0.192. The van der Waals surface area contributed by atoms with E-state index in [2.05, 4.69) is 5.10 Å². The van der Waals surface area contributed by atoms with Crippen LogP contribution in [0.5, 0.6) is 0 Å². The van der Waals surface area contributed by atoms with Crippen LogP contribution in [-0.2, 0) is 23.0 Å².